The number of carboxylic acids is 1. The van der Waals surface area contributed by atoms with Crippen LogP contribution < -0.4 is 0 Å². The third-order valence-corrected chi connectivity index (χ3v) is 2.48. The first-order valence-corrected chi connectivity index (χ1v) is 4.68. The number of alkyl halides is 1. The Hall–Kier alpha value is -0.280. The van der Waals surface area contributed by atoms with Gasteiger partial charge in [0, 0.05) is 12.5 Å². The Morgan fingerprint density at radius 1 is 1.75 bits per heavy atom. The Morgan fingerprint density at radius 2 is 2.50 bits per heavy atom. The van der Waals surface area contributed by atoms with Gasteiger partial charge in [-0.2, -0.15) is 0 Å². The lowest BCUT2D eigenvalue weighted by atomic mass is 10.0. The van der Waals surface area contributed by atoms with Gasteiger partial charge in [-0.25, -0.2) is 0 Å². The topological polar surface area (TPSA) is 46.5 Å². The molecule has 70 valence electrons. The van der Waals surface area contributed by atoms with Gasteiger partial charge in [-0.1, -0.05) is 0 Å². The van der Waals surface area contributed by atoms with Gasteiger partial charge in [0.25, 0.3) is 0 Å². The Labute approximate surface area is 76.7 Å². The Kier molecular flexibility index (Phi) is 3.82. The molecule has 2 atom stereocenters. The summed E-state index contributed by atoms with van der Waals surface area (Å²) in [5.41, 5.74) is 0. The summed E-state index contributed by atoms with van der Waals surface area (Å²) in [7, 11) is 0. The van der Waals surface area contributed by atoms with E-state index in [0.717, 1.165) is 19.4 Å². The van der Waals surface area contributed by atoms with Crippen LogP contribution in [-0.4, -0.2) is 29.7 Å². The maximum absolute atomic E-state index is 10.6. The van der Waals surface area contributed by atoms with Crippen LogP contribution in [0.15, 0.2) is 0 Å². The van der Waals surface area contributed by atoms with Crippen molar-refractivity contribution in [3.8, 4) is 0 Å². The van der Waals surface area contributed by atoms with E-state index in [9.17, 15) is 4.79 Å². The number of hydrogen-bond donors (Lipinski definition) is 1. The molecule has 1 aliphatic heterocycles. The zero-order valence-corrected chi connectivity index (χ0v) is 7.59. The van der Waals surface area contributed by atoms with Crippen molar-refractivity contribution in [2.75, 3.05) is 12.5 Å². The highest BCUT2D eigenvalue weighted by Crippen LogP contribution is 2.20. The number of aliphatic carboxylic acids is 1. The van der Waals surface area contributed by atoms with Gasteiger partial charge in [0.15, 0.2) is 0 Å². The maximum atomic E-state index is 10.6. The van der Waals surface area contributed by atoms with Crippen molar-refractivity contribution in [2.24, 2.45) is 5.92 Å². The minimum absolute atomic E-state index is 0.116. The fraction of sp³-hybridized carbons (Fsp3) is 0.875. The second-order valence-corrected chi connectivity index (χ2v) is 3.37. The van der Waals surface area contributed by atoms with Crippen molar-refractivity contribution in [2.45, 2.75) is 25.4 Å². The van der Waals surface area contributed by atoms with Crippen LogP contribution in [0.1, 0.15) is 19.3 Å². The van der Waals surface area contributed by atoms with Gasteiger partial charge >= 0.3 is 5.97 Å². The summed E-state index contributed by atoms with van der Waals surface area (Å²) in [5, 5.41) is 8.69. The average molecular weight is 193 g/mol. The number of halogens is 1. The van der Waals surface area contributed by atoms with Crippen LogP contribution in [-0.2, 0) is 9.53 Å². The van der Waals surface area contributed by atoms with E-state index in [-0.39, 0.29) is 12.0 Å². The number of carboxylic acid groups (broad SMARTS) is 1. The SMILES string of the molecule is O=C(O)C(CCl)CC1CCCO1. The predicted molar refractivity (Wildman–Crippen MR) is 45.4 cm³/mol. The molecule has 12 heavy (non-hydrogen) atoms. The first-order chi connectivity index (χ1) is 5.74. The largest absolute Gasteiger partial charge is 0.481 e. The molecule has 0 saturated carbocycles. The number of hydrogen-bond acceptors (Lipinski definition) is 2. The van der Waals surface area contributed by atoms with E-state index in [4.69, 9.17) is 21.4 Å². The van der Waals surface area contributed by atoms with E-state index in [1.807, 2.05) is 0 Å². The molecule has 1 aliphatic rings. The van der Waals surface area contributed by atoms with E-state index in [1.165, 1.54) is 0 Å². The van der Waals surface area contributed by atoms with E-state index in [2.05, 4.69) is 0 Å². The standard InChI is InChI=1S/C8H13ClO3/c9-5-6(8(10)11)4-7-2-1-3-12-7/h6-7H,1-5H2,(H,10,11). The van der Waals surface area contributed by atoms with Crippen molar-refractivity contribution in [3.63, 3.8) is 0 Å². The van der Waals surface area contributed by atoms with Crippen molar-refractivity contribution in [3.05, 3.63) is 0 Å². The summed E-state index contributed by atoms with van der Waals surface area (Å²) in [6.45, 7) is 0.763. The molecule has 2 unspecified atom stereocenters. The third-order valence-electron chi connectivity index (χ3n) is 2.11. The number of rotatable bonds is 4. The lowest BCUT2D eigenvalue weighted by molar-refractivity contribution is -0.142. The first kappa shape index (κ1) is 9.81. The average Bonchev–Trinajstić information content (AvgIpc) is 2.51. The van der Waals surface area contributed by atoms with Gasteiger partial charge in [0.1, 0.15) is 0 Å². The quantitative estimate of drug-likeness (QED) is 0.687. The molecule has 1 rings (SSSR count). The van der Waals surface area contributed by atoms with Gasteiger partial charge in [0.05, 0.1) is 12.0 Å². The van der Waals surface area contributed by atoms with Gasteiger partial charge in [-0.3, -0.25) is 4.79 Å². The second-order valence-electron chi connectivity index (χ2n) is 3.06. The molecular formula is C8H13ClO3. The summed E-state index contributed by atoms with van der Waals surface area (Å²) in [6.07, 6.45) is 2.68. The summed E-state index contributed by atoms with van der Waals surface area (Å²) in [4.78, 5) is 10.6. The number of carbonyl (C=O) groups is 1. The zero-order valence-electron chi connectivity index (χ0n) is 6.83. The summed E-state index contributed by atoms with van der Waals surface area (Å²) in [6, 6.07) is 0. The smallest absolute Gasteiger partial charge is 0.307 e. The van der Waals surface area contributed by atoms with Crippen molar-refractivity contribution >= 4 is 17.6 Å². The highest BCUT2D eigenvalue weighted by Gasteiger charge is 2.24. The van der Waals surface area contributed by atoms with Crippen LogP contribution in [0, 0.1) is 5.92 Å². The van der Waals surface area contributed by atoms with Gasteiger partial charge in [-0.15, -0.1) is 11.6 Å². The Balaban J connectivity index is 2.30. The van der Waals surface area contributed by atoms with Crippen LogP contribution in [0.25, 0.3) is 0 Å². The second kappa shape index (κ2) is 4.67. The van der Waals surface area contributed by atoms with E-state index in [1.54, 1.807) is 0 Å². The molecule has 0 aromatic carbocycles. The van der Waals surface area contributed by atoms with Crippen molar-refractivity contribution < 1.29 is 14.6 Å². The number of ether oxygens (including phenoxy) is 1. The molecule has 4 heteroatoms. The monoisotopic (exact) mass is 192 g/mol. The highest BCUT2D eigenvalue weighted by atomic mass is 35.5. The molecule has 0 aromatic rings. The fourth-order valence-corrected chi connectivity index (χ4v) is 1.64. The predicted octanol–water partition coefficient (Wildman–Crippen LogP) is 1.50. The lowest BCUT2D eigenvalue weighted by Crippen LogP contribution is -2.21. The van der Waals surface area contributed by atoms with Crippen molar-refractivity contribution in [1.82, 2.24) is 0 Å². The molecule has 1 fully saturated rings. The van der Waals surface area contributed by atoms with Crippen LogP contribution in [0.4, 0.5) is 0 Å². The molecule has 3 nitrogen and oxygen atoms in total. The first-order valence-electron chi connectivity index (χ1n) is 4.14. The zero-order chi connectivity index (χ0) is 8.97. The molecular weight excluding hydrogens is 180 g/mol. The molecule has 1 N–H and O–H groups in total. The van der Waals surface area contributed by atoms with Crippen molar-refractivity contribution in [1.29, 1.82) is 0 Å². The Bertz CT molecular complexity index is 154. The van der Waals surface area contributed by atoms with E-state index < -0.39 is 11.9 Å². The van der Waals surface area contributed by atoms with E-state index >= 15 is 0 Å². The van der Waals surface area contributed by atoms with Crippen LogP contribution in [0.2, 0.25) is 0 Å². The summed E-state index contributed by atoms with van der Waals surface area (Å²) >= 11 is 5.50. The van der Waals surface area contributed by atoms with Gasteiger partial charge < -0.3 is 9.84 Å². The van der Waals surface area contributed by atoms with Gasteiger partial charge in [-0.05, 0) is 19.3 Å². The maximum Gasteiger partial charge on any atom is 0.307 e. The Morgan fingerprint density at radius 3 is 2.92 bits per heavy atom. The van der Waals surface area contributed by atoms with Gasteiger partial charge in [0.2, 0.25) is 0 Å². The highest BCUT2D eigenvalue weighted by molar-refractivity contribution is 6.19. The molecule has 1 heterocycles. The lowest BCUT2D eigenvalue weighted by Gasteiger charge is -2.13. The molecule has 0 aromatic heterocycles. The molecule has 0 spiro atoms. The summed E-state index contributed by atoms with van der Waals surface area (Å²) in [5.74, 6) is -1.09. The fourth-order valence-electron chi connectivity index (χ4n) is 1.38. The molecule has 1 saturated heterocycles. The minimum atomic E-state index is -0.819. The molecule has 0 amide bonds. The molecule has 0 bridgehead atoms. The van der Waals surface area contributed by atoms with Crippen LogP contribution in [0.3, 0.4) is 0 Å². The molecule has 0 radical (unpaired) electrons. The molecule has 0 aliphatic carbocycles. The third kappa shape index (κ3) is 2.64. The normalized spacial score (nSPS) is 25.6. The summed E-state index contributed by atoms with van der Waals surface area (Å²) < 4.78 is 5.31. The van der Waals surface area contributed by atoms with Crippen LogP contribution >= 0.6 is 11.6 Å². The van der Waals surface area contributed by atoms with Crippen LogP contribution in [0.5, 0.6) is 0 Å². The van der Waals surface area contributed by atoms with E-state index in [0.29, 0.717) is 6.42 Å². The minimum Gasteiger partial charge on any atom is -0.481 e.